The van der Waals surface area contributed by atoms with Crippen LogP contribution in [0.15, 0.2) is 22.5 Å². The second-order valence-corrected chi connectivity index (χ2v) is 10.9. The van der Waals surface area contributed by atoms with E-state index in [0.29, 0.717) is 0 Å². The van der Waals surface area contributed by atoms with Crippen LogP contribution in [-0.2, 0) is 25.2 Å². The lowest BCUT2D eigenvalue weighted by Crippen LogP contribution is -2.36. The van der Waals surface area contributed by atoms with Gasteiger partial charge >= 0.3 is 18.2 Å². The van der Waals surface area contributed by atoms with Gasteiger partial charge in [-0.2, -0.15) is 51.8 Å². The fraction of sp³-hybridized carbons (Fsp3) is 0.118. The summed E-state index contributed by atoms with van der Waals surface area (Å²) in [5, 5.41) is 24.2. The molecule has 54 heavy (non-hydrogen) atoms. The number of rotatable bonds is 2. The van der Waals surface area contributed by atoms with E-state index in [1.165, 1.54) is 0 Å². The summed E-state index contributed by atoms with van der Waals surface area (Å²) >= 11 is 0. The number of hydrogen-bond donors (Lipinski definition) is 0. The highest BCUT2D eigenvalue weighted by molar-refractivity contribution is 5.91. The Kier molecular flexibility index (Phi) is 9.03. The van der Waals surface area contributed by atoms with Gasteiger partial charge in [0.1, 0.15) is 42.5 Å². The summed E-state index contributed by atoms with van der Waals surface area (Å²) in [6, 6.07) is 2.87. The molecule has 0 saturated heterocycles. The molecule has 2 aliphatic carbocycles. The summed E-state index contributed by atoms with van der Waals surface area (Å²) in [5.74, 6) is -22.4. The molecule has 6 nitrogen and oxygen atoms in total. The Bertz CT molecular complexity index is 2500. The van der Waals surface area contributed by atoms with Crippen molar-refractivity contribution in [1.82, 2.24) is 0 Å². The number of halogens is 14. The molecule has 0 bridgehead atoms. The van der Waals surface area contributed by atoms with Crippen molar-refractivity contribution >= 4 is 16.8 Å². The molecule has 3 aromatic carbocycles. The molecule has 0 fully saturated rings. The molecule has 0 amide bonds. The van der Waals surface area contributed by atoms with E-state index in [9.17, 15) is 28.1 Å². The molecular formula is C34H4F14N6. The van der Waals surface area contributed by atoms with Gasteiger partial charge in [0.15, 0.2) is 46.5 Å². The molecule has 20 heteroatoms. The van der Waals surface area contributed by atoms with Crippen LogP contribution >= 0.6 is 0 Å². The zero-order valence-corrected chi connectivity index (χ0v) is 25.4. The lowest BCUT2D eigenvalue weighted by molar-refractivity contribution is -0.143. The van der Waals surface area contributed by atoms with E-state index in [-0.39, 0.29) is 0 Å². The zero-order valence-electron chi connectivity index (χ0n) is 25.4. The first-order chi connectivity index (χ1) is 25.2. The van der Waals surface area contributed by atoms with Crippen LogP contribution in [0.25, 0.3) is 25.7 Å². The molecule has 0 spiro atoms. The fourth-order valence-electron chi connectivity index (χ4n) is 6.38. The molecule has 268 valence electrons. The first-order valence-electron chi connectivity index (χ1n) is 13.8. The standard InChI is InChI=1S/C34H4F14N6/c1-52-31-29(41)27(39)20(28(40)30(31)42)16-13(32(53-2)54-3)5-12-18(16)21(33(43,44)45)11-4-10(9(6-49)7-50)15(17(11)22(12)34(46,47)48)19-25(37)23(35)14(8-51)24(36)26(19)38/h4-5H2. The monoisotopic (exact) mass is 762 g/mol. The third-order valence-corrected chi connectivity index (χ3v) is 8.32. The predicted octanol–water partition coefficient (Wildman–Crippen LogP) is 8.16. The lowest BCUT2D eigenvalue weighted by atomic mass is 9.90. The van der Waals surface area contributed by atoms with Crippen molar-refractivity contribution in [3.63, 3.8) is 0 Å². The second-order valence-electron chi connectivity index (χ2n) is 10.9. The normalized spacial score (nSPS) is 13.3. The van der Waals surface area contributed by atoms with E-state index >= 15 is 43.9 Å². The van der Waals surface area contributed by atoms with Crippen molar-refractivity contribution in [2.45, 2.75) is 25.2 Å². The molecule has 0 saturated carbocycles. The molecule has 0 aliphatic heterocycles. The maximum atomic E-state index is 15.6. The van der Waals surface area contributed by atoms with Crippen LogP contribution in [0.4, 0.5) is 67.2 Å². The summed E-state index contributed by atoms with van der Waals surface area (Å²) in [7, 11) is 0. The van der Waals surface area contributed by atoms with Gasteiger partial charge in [-0.1, -0.05) is 0 Å². The highest BCUT2D eigenvalue weighted by Gasteiger charge is 2.50. The fourth-order valence-corrected chi connectivity index (χ4v) is 6.38. The molecule has 0 aromatic heterocycles. The van der Waals surface area contributed by atoms with Gasteiger partial charge in [-0.25, -0.2) is 40.0 Å². The molecule has 0 unspecified atom stereocenters. The van der Waals surface area contributed by atoms with E-state index in [4.69, 9.17) is 25.0 Å². The van der Waals surface area contributed by atoms with Gasteiger partial charge in [0.05, 0.1) is 34.4 Å². The average Bonchev–Trinajstić information content (AvgIpc) is 3.65. The molecule has 5 rings (SSSR count). The van der Waals surface area contributed by atoms with Crippen LogP contribution in [0.2, 0.25) is 0 Å². The van der Waals surface area contributed by atoms with Crippen molar-refractivity contribution in [3.05, 3.63) is 153 Å². The van der Waals surface area contributed by atoms with Crippen molar-refractivity contribution in [2.24, 2.45) is 0 Å². The van der Waals surface area contributed by atoms with E-state index < -0.39 is 160 Å². The first-order valence-corrected chi connectivity index (χ1v) is 13.8. The van der Waals surface area contributed by atoms with Crippen molar-refractivity contribution in [3.8, 4) is 18.2 Å². The van der Waals surface area contributed by atoms with Crippen LogP contribution in [-0.4, -0.2) is 0 Å². The van der Waals surface area contributed by atoms with Crippen LogP contribution in [0.5, 0.6) is 0 Å². The third-order valence-electron chi connectivity index (χ3n) is 8.32. The van der Waals surface area contributed by atoms with Crippen molar-refractivity contribution < 1.29 is 61.5 Å². The number of benzene rings is 3. The number of alkyl halides is 6. The number of nitriles is 3. The quantitative estimate of drug-likeness (QED) is 0.114. The number of hydrogen-bond acceptors (Lipinski definition) is 3. The van der Waals surface area contributed by atoms with Crippen LogP contribution in [0, 0.1) is 100 Å². The Morgan fingerprint density at radius 1 is 0.556 bits per heavy atom. The van der Waals surface area contributed by atoms with Gasteiger partial charge in [0.25, 0.3) is 5.69 Å². The second kappa shape index (κ2) is 12.8. The van der Waals surface area contributed by atoms with E-state index in [2.05, 4.69) is 14.5 Å². The van der Waals surface area contributed by atoms with Gasteiger partial charge in [-0.15, -0.1) is 0 Å². The van der Waals surface area contributed by atoms with E-state index in [0.717, 1.165) is 18.2 Å². The Balaban J connectivity index is 2.33. The van der Waals surface area contributed by atoms with Gasteiger partial charge in [-0.3, -0.25) is 0 Å². The average molecular weight is 762 g/mol. The summed E-state index contributed by atoms with van der Waals surface area (Å²) < 4.78 is 214. The van der Waals surface area contributed by atoms with E-state index in [1.54, 1.807) is 0 Å². The molecule has 2 aliphatic rings. The van der Waals surface area contributed by atoms with Gasteiger partial charge in [0.2, 0.25) is 0 Å². The minimum absolute atomic E-state index is 0.736. The smallest absolute Gasteiger partial charge is 0.232 e. The third kappa shape index (κ3) is 5.19. The van der Waals surface area contributed by atoms with Crippen molar-refractivity contribution in [2.75, 3.05) is 0 Å². The van der Waals surface area contributed by atoms with Crippen LogP contribution in [0.3, 0.4) is 0 Å². The zero-order chi connectivity index (χ0) is 40.5. The Morgan fingerprint density at radius 2 is 0.926 bits per heavy atom. The minimum Gasteiger partial charge on any atom is -0.232 e. The maximum Gasteiger partial charge on any atom is 0.523 e. The molecule has 0 atom stereocenters. The summed E-state index contributed by atoms with van der Waals surface area (Å²) in [6.45, 7) is 21.4. The van der Waals surface area contributed by atoms with Gasteiger partial charge in [0, 0.05) is 12.0 Å². The predicted molar refractivity (Wildman–Crippen MR) is 150 cm³/mol. The van der Waals surface area contributed by atoms with Crippen LogP contribution in [0.1, 0.15) is 38.9 Å². The minimum atomic E-state index is -6.09. The Labute approximate surface area is 290 Å². The summed E-state index contributed by atoms with van der Waals surface area (Å²) in [6.07, 6.45) is -15.7. The molecule has 3 aromatic rings. The number of nitrogens with zero attached hydrogens (tertiary/aromatic N) is 6. The van der Waals surface area contributed by atoms with E-state index in [1.807, 2.05) is 0 Å². The Morgan fingerprint density at radius 3 is 1.26 bits per heavy atom. The maximum absolute atomic E-state index is 15.6. The highest BCUT2D eigenvalue weighted by Crippen LogP contribution is 2.47. The molecule has 0 heterocycles. The topological polar surface area (TPSA) is 84.5 Å². The van der Waals surface area contributed by atoms with Crippen molar-refractivity contribution in [1.29, 1.82) is 15.8 Å². The summed E-state index contributed by atoms with van der Waals surface area (Å²) in [4.78, 5) is 7.52. The lowest BCUT2D eigenvalue weighted by Gasteiger charge is -2.20. The molecule has 0 N–H and O–H groups in total. The molecular weight excluding hydrogens is 758 g/mol. The van der Waals surface area contributed by atoms with Gasteiger partial charge in [-0.05, 0) is 39.1 Å². The number of allylic oxidation sites excluding steroid dienone is 3. The number of fused-ring (bicyclic) bond motifs is 2. The van der Waals surface area contributed by atoms with Gasteiger partial charge < -0.3 is 0 Å². The molecule has 0 radical (unpaired) electrons. The Hall–Kier alpha value is -7.16. The SMILES string of the molecule is [C-]#[N+]C([N+]#[C-])=C1Cc2c(C(F)(F)F)c3c(c(C(F)(F)F)c2=C1c1c(F)c(F)c([N+]#[C-])c(F)c1F)CC(=C(C#N)C#N)C=3c1c(F)c(F)c(C#N)c(F)c1F. The summed E-state index contributed by atoms with van der Waals surface area (Å²) in [5.41, 5.74) is -24.8. The first kappa shape index (κ1) is 38.1. The van der Waals surface area contributed by atoms with Crippen LogP contribution < -0.4 is 10.4 Å². The largest absolute Gasteiger partial charge is 0.523 e. The highest BCUT2D eigenvalue weighted by atomic mass is 19.4.